The highest BCUT2D eigenvalue weighted by atomic mass is 14.8. The number of pyridine rings is 1. The van der Waals surface area contributed by atoms with Crippen molar-refractivity contribution in [1.29, 1.82) is 5.41 Å². The Labute approximate surface area is 240 Å². The van der Waals surface area contributed by atoms with E-state index in [2.05, 4.69) is 116 Å². The van der Waals surface area contributed by atoms with Gasteiger partial charge in [-0.05, 0) is 63.9 Å². The fourth-order valence-electron chi connectivity index (χ4n) is 5.97. The predicted octanol–water partition coefficient (Wildman–Crippen LogP) is 9.86. The lowest BCUT2D eigenvalue weighted by atomic mass is 9.82. The number of aromatic nitrogens is 1. The highest BCUT2D eigenvalue weighted by molar-refractivity contribution is 6.05. The number of hydrogen-bond acceptors (Lipinski definition) is 3. The third-order valence-corrected chi connectivity index (χ3v) is 8.05. The number of hydrogen-bond donors (Lipinski definition) is 1. The molecule has 0 aliphatic carbocycles. The van der Waals surface area contributed by atoms with E-state index >= 15 is 0 Å². The monoisotopic (exact) mass is 527 g/mol. The minimum Gasteiger partial charge on any atom is -0.307 e. The second-order valence-electron chi connectivity index (χ2n) is 10.7. The van der Waals surface area contributed by atoms with Gasteiger partial charge in [0.2, 0.25) is 0 Å². The minimum atomic E-state index is 0.204. The van der Waals surface area contributed by atoms with Gasteiger partial charge < -0.3 is 5.41 Å². The first-order valence-corrected chi connectivity index (χ1v) is 14.0. The van der Waals surface area contributed by atoms with Gasteiger partial charge in [-0.1, -0.05) is 121 Å². The highest BCUT2D eigenvalue weighted by Gasteiger charge is 2.26. The summed E-state index contributed by atoms with van der Waals surface area (Å²) in [5.41, 5.74) is 13.0. The molecule has 41 heavy (non-hydrogen) atoms. The van der Waals surface area contributed by atoms with Crippen molar-refractivity contribution in [1.82, 2.24) is 4.98 Å². The van der Waals surface area contributed by atoms with Crippen molar-refractivity contribution in [3.63, 3.8) is 0 Å². The van der Waals surface area contributed by atoms with Crippen LogP contribution in [-0.2, 0) is 0 Å². The highest BCUT2D eigenvalue weighted by Crippen LogP contribution is 2.44. The summed E-state index contributed by atoms with van der Waals surface area (Å²) < 4.78 is 0. The molecule has 7 rings (SSSR count). The van der Waals surface area contributed by atoms with Crippen molar-refractivity contribution in [2.24, 2.45) is 4.99 Å². The molecule has 0 bridgehead atoms. The zero-order valence-electron chi connectivity index (χ0n) is 22.9. The molecule has 1 aliphatic heterocycles. The number of nitrogens with zero attached hydrogens (tertiary/aromatic N) is 2. The first-order valence-electron chi connectivity index (χ1n) is 14.0. The first kappa shape index (κ1) is 24.9. The summed E-state index contributed by atoms with van der Waals surface area (Å²) in [5, 5.41) is 9.10. The van der Waals surface area contributed by atoms with Gasteiger partial charge in [-0.3, -0.25) is 4.99 Å². The SMILES string of the molecule is CC1=Nc2c(ccc3c(-c4ccc(-c5ccccc5)cc4)cc(C=N)nc23)C(c2ccc(-c3ccccc3)cc2)C1. The molecule has 1 aromatic heterocycles. The van der Waals surface area contributed by atoms with E-state index in [4.69, 9.17) is 15.4 Å². The summed E-state index contributed by atoms with van der Waals surface area (Å²) in [6.07, 6.45) is 2.21. The van der Waals surface area contributed by atoms with E-state index in [1.807, 2.05) is 18.2 Å². The van der Waals surface area contributed by atoms with Crippen LogP contribution in [0.1, 0.15) is 36.1 Å². The van der Waals surface area contributed by atoms with Crippen LogP contribution < -0.4 is 0 Å². The molecule has 196 valence electrons. The topological polar surface area (TPSA) is 49.1 Å². The minimum absolute atomic E-state index is 0.204. The van der Waals surface area contributed by atoms with E-state index in [-0.39, 0.29) is 5.92 Å². The number of benzene rings is 5. The maximum atomic E-state index is 8.05. The van der Waals surface area contributed by atoms with Crippen LogP contribution >= 0.6 is 0 Å². The van der Waals surface area contributed by atoms with Gasteiger partial charge in [0.1, 0.15) is 0 Å². The third-order valence-electron chi connectivity index (χ3n) is 8.05. The molecule has 0 saturated heterocycles. The zero-order valence-corrected chi connectivity index (χ0v) is 22.9. The van der Waals surface area contributed by atoms with Gasteiger partial charge in [-0.25, -0.2) is 4.98 Å². The van der Waals surface area contributed by atoms with Crippen molar-refractivity contribution < 1.29 is 0 Å². The van der Waals surface area contributed by atoms with Gasteiger partial charge in [-0.2, -0.15) is 0 Å². The van der Waals surface area contributed by atoms with Crippen molar-refractivity contribution >= 4 is 28.5 Å². The van der Waals surface area contributed by atoms with Crippen LogP contribution in [0.5, 0.6) is 0 Å². The van der Waals surface area contributed by atoms with Crippen LogP contribution in [0.4, 0.5) is 5.69 Å². The van der Waals surface area contributed by atoms with Crippen molar-refractivity contribution in [3.05, 3.63) is 144 Å². The van der Waals surface area contributed by atoms with Crippen LogP contribution in [0.25, 0.3) is 44.3 Å². The van der Waals surface area contributed by atoms with Gasteiger partial charge in [0.05, 0.1) is 16.9 Å². The molecular formula is C38H29N3. The summed E-state index contributed by atoms with van der Waals surface area (Å²) in [5.74, 6) is 0.204. The molecule has 0 spiro atoms. The van der Waals surface area contributed by atoms with Crippen LogP contribution in [-0.4, -0.2) is 16.9 Å². The van der Waals surface area contributed by atoms with Gasteiger partial charge in [0.25, 0.3) is 0 Å². The number of rotatable bonds is 5. The average Bonchev–Trinajstić information content (AvgIpc) is 3.05. The molecule has 0 radical (unpaired) electrons. The molecule has 1 N–H and O–H groups in total. The Bertz CT molecular complexity index is 1900. The second-order valence-corrected chi connectivity index (χ2v) is 10.7. The Morgan fingerprint density at radius 3 is 1.83 bits per heavy atom. The van der Waals surface area contributed by atoms with E-state index in [1.165, 1.54) is 39.6 Å². The van der Waals surface area contributed by atoms with E-state index in [0.29, 0.717) is 5.69 Å². The van der Waals surface area contributed by atoms with Gasteiger partial charge in [-0.15, -0.1) is 0 Å². The van der Waals surface area contributed by atoms with Crippen molar-refractivity contribution in [2.45, 2.75) is 19.3 Å². The van der Waals surface area contributed by atoms with E-state index < -0.39 is 0 Å². The molecule has 1 unspecified atom stereocenters. The standard InChI is InChI=1S/C38H29N3/c1-25-22-35(30-16-12-28(13-17-30)26-8-4-2-5-9-26)33-20-21-34-36(23-32(24-39)41-38(34)37(33)40-25)31-18-14-29(15-19-31)27-10-6-3-7-11-27/h2-21,23-24,35,39H,22H2,1H3. The molecular weight excluding hydrogens is 498 g/mol. The van der Waals surface area contributed by atoms with Gasteiger partial charge >= 0.3 is 0 Å². The zero-order chi connectivity index (χ0) is 27.8. The summed E-state index contributed by atoms with van der Waals surface area (Å²) in [6.45, 7) is 2.11. The largest absolute Gasteiger partial charge is 0.307 e. The lowest BCUT2D eigenvalue weighted by molar-refractivity contribution is 0.839. The van der Waals surface area contributed by atoms with Crippen LogP contribution in [0.2, 0.25) is 0 Å². The Balaban J connectivity index is 1.32. The molecule has 1 aliphatic rings. The van der Waals surface area contributed by atoms with E-state index in [9.17, 15) is 0 Å². The first-order chi connectivity index (χ1) is 20.2. The van der Waals surface area contributed by atoms with Crippen LogP contribution in [0.15, 0.2) is 132 Å². The molecule has 3 nitrogen and oxygen atoms in total. The lowest BCUT2D eigenvalue weighted by Crippen LogP contribution is -2.12. The lowest BCUT2D eigenvalue weighted by Gasteiger charge is -2.25. The fourth-order valence-corrected chi connectivity index (χ4v) is 5.97. The van der Waals surface area contributed by atoms with E-state index in [1.54, 1.807) is 0 Å². The van der Waals surface area contributed by atoms with Gasteiger partial charge in [0.15, 0.2) is 0 Å². The maximum absolute atomic E-state index is 8.05. The third kappa shape index (κ3) is 4.66. The summed E-state index contributed by atoms with van der Waals surface area (Å²) in [7, 11) is 0. The number of aliphatic imine (C=N–C) groups is 1. The Kier molecular flexibility index (Phi) is 6.33. The Morgan fingerprint density at radius 2 is 1.22 bits per heavy atom. The van der Waals surface area contributed by atoms with Crippen molar-refractivity contribution in [2.75, 3.05) is 0 Å². The Morgan fingerprint density at radius 1 is 0.659 bits per heavy atom. The van der Waals surface area contributed by atoms with Gasteiger partial charge in [0, 0.05) is 23.2 Å². The maximum Gasteiger partial charge on any atom is 0.0975 e. The average molecular weight is 528 g/mol. The number of fused-ring (bicyclic) bond motifs is 3. The molecule has 0 saturated carbocycles. The quantitative estimate of drug-likeness (QED) is 0.223. The molecule has 5 aromatic carbocycles. The molecule has 6 aromatic rings. The van der Waals surface area contributed by atoms with E-state index in [0.717, 1.165) is 39.8 Å². The molecule has 0 fully saturated rings. The summed E-state index contributed by atoms with van der Waals surface area (Å²) in [4.78, 5) is 9.98. The van der Waals surface area contributed by atoms with Crippen LogP contribution in [0, 0.1) is 5.41 Å². The van der Waals surface area contributed by atoms with Crippen molar-refractivity contribution in [3.8, 4) is 33.4 Å². The van der Waals surface area contributed by atoms with Crippen LogP contribution in [0.3, 0.4) is 0 Å². The summed E-state index contributed by atoms with van der Waals surface area (Å²) in [6, 6.07) is 44.9. The molecule has 0 amide bonds. The fraction of sp³-hybridized carbons (Fsp3) is 0.0789. The summed E-state index contributed by atoms with van der Waals surface area (Å²) >= 11 is 0. The molecule has 3 heteroatoms. The predicted molar refractivity (Wildman–Crippen MR) is 172 cm³/mol. The molecule has 2 heterocycles. The normalized spacial score (nSPS) is 14.4. The second kappa shape index (κ2) is 10.4. The smallest absolute Gasteiger partial charge is 0.0975 e. The number of nitrogens with one attached hydrogen (secondary N) is 1. The Hall–Kier alpha value is -5.15. The molecule has 1 atom stereocenters.